The lowest BCUT2D eigenvalue weighted by Gasteiger charge is -2.09. The van der Waals surface area contributed by atoms with Crippen molar-refractivity contribution in [2.45, 2.75) is 0 Å². The molecular weight excluding hydrogens is 591 g/mol. The van der Waals surface area contributed by atoms with E-state index in [9.17, 15) is 0 Å². The Kier molecular flexibility index (Phi) is 5.78. The molecule has 3 heterocycles. The van der Waals surface area contributed by atoms with Crippen molar-refractivity contribution < 1.29 is 4.42 Å². The first-order valence-corrected chi connectivity index (χ1v) is 16.7. The normalized spacial score (nSPS) is 11.8. The van der Waals surface area contributed by atoms with E-state index >= 15 is 0 Å². The van der Waals surface area contributed by atoms with Gasteiger partial charge in [-0.1, -0.05) is 121 Å². The molecule has 0 fully saturated rings. The molecule has 0 aliphatic carbocycles. The van der Waals surface area contributed by atoms with E-state index < -0.39 is 0 Å². The van der Waals surface area contributed by atoms with Crippen LogP contribution in [0.15, 0.2) is 168 Å². The molecule has 0 aliphatic heterocycles. The molecule has 0 spiro atoms. The Morgan fingerprint density at radius 3 is 1.81 bits per heavy atom. The standard InChI is InChI=1S/C44H27NOS/c1-3-12-28(13-4-1)33-19-10-21-35-36-22-11-20-34(44(36)47-43(33)35)31-15-9-14-29(26-31)30-24-25-40-38(27-30)41-42(46-40)37-18-7-8-23-39(37)45(41)32-16-5-2-6-17-32/h1-27H. The van der Waals surface area contributed by atoms with Crippen LogP contribution in [0.1, 0.15) is 0 Å². The van der Waals surface area contributed by atoms with Gasteiger partial charge in [0.25, 0.3) is 0 Å². The second kappa shape index (κ2) is 10.3. The van der Waals surface area contributed by atoms with Crippen molar-refractivity contribution in [3.63, 3.8) is 0 Å². The molecule has 0 amide bonds. The second-order valence-corrected chi connectivity index (χ2v) is 13.1. The molecule has 7 aromatic carbocycles. The van der Waals surface area contributed by atoms with Crippen molar-refractivity contribution in [3.05, 3.63) is 164 Å². The van der Waals surface area contributed by atoms with E-state index in [4.69, 9.17) is 4.42 Å². The van der Waals surface area contributed by atoms with Crippen LogP contribution in [-0.4, -0.2) is 4.57 Å². The number of furan rings is 1. The molecule has 220 valence electrons. The zero-order chi connectivity index (χ0) is 30.9. The molecule has 0 saturated carbocycles. The monoisotopic (exact) mass is 617 g/mol. The molecule has 3 aromatic heterocycles. The Morgan fingerprint density at radius 2 is 1.02 bits per heavy atom. The van der Waals surface area contributed by atoms with Crippen molar-refractivity contribution in [2.75, 3.05) is 0 Å². The van der Waals surface area contributed by atoms with Gasteiger partial charge in [0.05, 0.1) is 5.52 Å². The highest BCUT2D eigenvalue weighted by Crippen LogP contribution is 2.45. The second-order valence-electron chi connectivity index (χ2n) is 12.1. The maximum absolute atomic E-state index is 6.55. The summed E-state index contributed by atoms with van der Waals surface area (Å²) in [5.41, 5.74) is 12.6. The lowest BCUT2D eigenvalue weighted by atomic mass is 9.97. The molecule has 2 nitrogen and oxygen atoms in total. The van der Waals surface area contributed by atoms with Gasteiger partial charge in [-0.05, 0) is 75.8 Å². The number of hydrogen-bond acceptors (Lipinski definition) is 2. The van der Waals surface area contributed by atoms with Crippen LogP contribution in [0.4, 0.5) is 0 Å². The summed E-state index contributed by atoms with van der Waals surface area (Å²) in [6.45, 7) is 0. The molecular formula is C44H27NOS. The Bertz CT molecular complexity index is 2780. The molecule has 0 aliphatic rings. The van der Waals surface area contributed by atoms with Gasteiger partial charge < -0.3 is 8.98 Å². The molecule has 0 bridgehead atoms. The summed E-state index contributed by atoms with van der Waals surface area (Å²) in [5, 5.41) is 4.86. The van der Waals surface area contributed by atoms with E-state index in [0.717, 1.165) is 38.7 Å². The third kappa shape index (κ3) is 4.04. The van der Waals surface area contributed by atoms with Gasteiger partial charge in [-0.3, -0.25) is 0 Å². The van der Waals surface area contributed by atoms with E-state index in [1.807, 2.05) is 11.3 Å². The lowest BCUT2D eigenvalue weighted by Crippen LogP contribution is -1.92. The average Bonchev–Trinajstić information content (AvgIpc) is 3.81. The number of para-hydroxylation sites is 2. The minimum atomic E-state index is 0.898. The van der Waals surface area contributed by atoms with Crippen LogP contribution in [0.2, 0.25) is 0 Å². The maximum atomic E-state index is 6.55. The maximum Gasteiger partial charge on any atom is 0.161 e. The third-order valence-electron chi connectivity index (χ3n) is 9.41. The Hall–Kier alpha value is -5.90. The van der Waals surface area contributed by atoms with Crippen LogP contribution in [-0.2, 0) is 0 Å². The fourth-order valence-electron chi connectivity index (χ4n) is 7.25. The van der Waals surface area contributed by atoms with Gasteiger partial charge in [0.2, 0.25) is 0 Å². The van der Waals surface area contributed by atoms with Crippen molar-refractivity contribution in [1.82, 2.24) is 4.57 Å². The van der Waals surface area contributed by atoms with Crippen molar-refractivity contribution >= 4 is 64.5 Å². The van der Waals surface area contributed by atoms with Crippen molar-refractivity contribution in [3.8, 4) is 39.1 Å². The molecule has 0 saturated heterocycles. The number of fused-ring (bicyclic) bond motifs is 8. The quantitative estimate of drug-likeness (QED) is 0.192. The molecule has 0 atom stereocenters. The van der Waals surface area contributed by atoms with Gasteiger partial charge >= 0.3 is 0 Å². The largest absolute Gasteiger partial charge is 0.454 e. The van der Waals surface area contributed by atoms with Crippen LogP contribution in [0, 0.1) is 0 Å². The number of thiophene rings is 1. The molecule has 3 heteroatoms. The van der Waals surface area contributed by atoms with Gasteiger partial charge in [0.1, 0.15) is 11.1 Å². The highest BCUT2D eigenvalue weighted by Gasteiger charge is 2.20. The molecule has 10 aromatic rings. The number of rotatable bonds is 4. The van der Waals surface area contributed by atoms with E-state index in [2.05, 4.69) is 168 Å². The molecule has 0 N–H and O–H groups in total. The highest BCUT2D eigenvalue weighted by atomic mass is 32.1. The Morgan fingerprint density at radius 1 is 0.426 bits per heavy atom. The topological polar surface area (TPSA) is 18.1 Å². The average molecular weight is 618 g/mol. The van der Waals surface area contributed by atoms with Gasteiger partial charge in [0.15, 0.2) is 5.58 Å². The van der Waals surface area contributed by atoms with Gasteiger partial charge in [-0.2, -0.15) is 0 Å². The summed E-state index contributed by atoms with van der Waals surface area (Å²) in [4.78, 5) is 0. The van der Waals surface area contributed by atoms with Gasteiger partial charge in [-0.25, -0.2) is 0 Å². The predicted octanol–water partition coefficient (Wildman–Crippen LogP) is 12.9. The van der Waals surface area contributed by atoms with E-state index in [0.29, 0.717) is 0 Å². The fraction of sp³-hybridized carbons (Fsp3) is 0. The minimum absolute atomic E-state index is 0.898. The van der Waals surface area contributed by atoms with Crippen molar-refractivity contribution in [1.29, 1.82) is 0 Å². The van der Waals surface area contributed by atoms with Crippen molar-refractivity contribution in [2.24, 2.45) is 0 Å². The summed E-state index contributed by atoms with van der Waals surface area (Å²) in [7, 11) is 0. The number of nitrogens with zero attached hydrogens (tertiary/aromatic N) is 1. The molecule has 0 radical (unpaired) electrons. The summed E-state index contributed by atoms with van der Waals surface area (Å²) in [6, 6.07) is 58.8. The number of benzene rings is 7. The summed E-state index contributed by atoms with van der Waals surface area (Å²) >= 11 is 1.90. The first-order valence-electron chi connectivity index (χ1n) is 15.9. The molecule has 0 unspecified atom stereocenters. The van der Waals surface area contributed by atoms with Crippen LogP contribution < -0.4 is 0 Å². The fourth-order valence-corrected chi connectivity index (χ4v) is 8.63. The lowest BCUT2D eigenvalue weighted by molar-refractivity contribution is 0.673. The minimum Gasteiger partial charge on any atom is -0.454 e. The summed E-state index contributed by atoms with van der Waals surface area (Å²) in [6.07, 6.45) is 0. The van der Waals surface area contributed by atoms with Gasteiger partial charge in [-0.15, -0.1) is 11.3 Å². The van der Waals surface area contributed by atoms with Gasteiger partial charge in [0, 0.05) is 36.6 Å². The highest BCUT2D eigenvalue weighted by molar-refractivity contribution is 7.26. The van der Waals surface area contributed by atoms with E-state index in [-0.39, 0.29) is 0 Å². The number of aromatic nitrogens is 1. The summed E-state index contributed by atoms with van der Waals surface area (Å²) in [5.74, 6) is 0. The Balaban J connectivity index is 1.15. The van der Waals surface area contributed by atoms with Crippen LogP contribution in [0.5, 0.6) is 0 Å². The van der Waals surface area contributed by atoms with Crippen LogP contribution in [0.25, 0.3) is 92.2 Å². The van der Waals surface area contributed by atoms with Crippen LogP contribution >= 0.6 is 11.3 Å². The third-order valence-corrected chi connectivity index (χ3v) is 10.7. The Labute approximate surface area is 275 Å². The smallest absolute Gasteiger partial charge is 0.161 e. The number of hydrogen-bond donors (Lipinski definition) is 0. The van der Waals surface area contributed by atoms with Crippen LogP contribution in [0.3, 0.4) is 0 Å². The predicted molar refractivity (Wildman–Crippen MR) is 200 cm³/mol. The molecule has 10 rings (SSSR count). The zero-order valence-electron chi connectivity index (χ0n) is 25.4. The summed E-state index contributed by atoms with van der Waals surface area (Å²) < 4.78 is 11.5. The van der Waals surface area contributed by atoms with E-state index in [1.54, 1.807) is 0 Å². The SMILES string of the molecule is c1ccc(-c2cccc3c2sc2c(-c4cccc(-c5ccc6oc7c8ccccc8n(-c8ccccc8)c7c6c5)c4)cccc23)cc1. The van der Waals surface area contributed by atoms with E-state index in [1.165, 1.54) is 53.6 Å². The molecule has 47 heavy (non-hydrogen) atoms. The zero-order valence-corrected chi connectivity index (χ0v) is 26.2. The first-order chi connectivity index (χ1) is 23.3. The first kappa shape index (κ1) is 26.3.